The maximum absolute atomic E-state index is 11.6. The highest BCUT2D eigenvalue weighted by Gasteiger charge is 2.29. The first-order chi connectivity index (χ1) is 8.00. The van der Waals surface area contributed by atoms with Gasteiger partial charge >= 0.3 is 5.97 Å². The van der Waals surface area contributed by atoms with Crippen LogP contribution in [-0.2, 0) is 19.4 Å². The Morgan fingerprint density at radius 3 is 2.71 bits per heavy atom. The lowest BCUT2D eigenvalue weighted by Gasteiger charge is -2.33. The molecule has 1 aliphatic heterocycles. The molecule has 5 nitrogen and oxygen atoms in total. The van der Waals surface area contributed by atoms with Gasteiger partial charge in [0.1, 0.15) is 6.04 Å². The van der Waals surface area contributed by atoms with Crippen LogP contribution in [0.4, 0.5) is 0 Å². The number of hydrogen-bond donors (Lipinski definition) is 0. The van der Waals surface area contributed by atoms with Crippen molar-refractivity contribution in [2.45, 2.75) is 32.2 Å². The van der Waals surface area contributed by atoms with Crippen LogP contribution in [0.2, 0.25) is 0 Å². The van der Waals surface area contributed by atoms with Gasteiger partial charge in [-0.25, -0.2) is 8.42 Å². The Kier molecular flexibility index (Phi) is 5.39. The summed E-state index contributed by atoms with van der Waals surface area (Å²) in [5, 5.41) is 0. The summed E-state index contributed by atoms with van der Waals surface area (Å²) in [4.78, 5) is 13.5. The first-order valence-corrected chi connectivity index (χ1v) is 7.84. The summed E-state index contributed by atoms with van der Waals surface area (Å²) in [6.45, 7) is 2.85. The van der Waals surface area contributed by atoms with Crippen molar-refractivity contribution in [3.63, 3.8) is 0 Å². The van der Waals surface area contributed by atoms with E-state index in [0.717, 1.165) is 25.8 Å². The molecule has 0 aromatic heterocycles. The number of methoxy groups -OCH3 is 1. The molecule has 100 valence electrons. The lowest BCUT2D eigenvalue weighted by molar-refractivity contribution is -0.148. The summed E-state index contributed by atoms with van der Waals surface area (Å²) in [7, 11) is -1.60. The van der Waals surface area contributed by atoms with Crippen LogP contribution in [0.3, 0.4) is 0 Å². The number of carbonyl (C=O) groups excluding carboxylic acids is 1. The van der Waals surface area contributed by atoms with Crippen molar-refractivity contribution in [2.24, 2.45) is 0 Å². The average molecular weight is 263 g/mol. The predicted molar refractivity (Wildman–Crippen MR) is 65.6 cm³/mol. The van der Waals surface area contributed by atoms with Gasteiger partial charge in [0.05, 0.1) is 12.9 Å². The molecule has 0 amide bonds. The van der Waals surface area contributed by atoms with Crippen LogP contribution >= 0.6 is 0 Å². The van der Waals surface area contributed by atoms with Crippen molar-refractivity contribution < 1.29 is 17.9 Å². The van der Waals surface area contributed by atoms with Gasteiger partial charge in [-0.05, 0) is 19.4 Å². The molecular weight excluding hydrogens is 242 g/mol. The van der Waals surface area contributed by atoms with Gasteiger partial charge in [-0.1, -0.05) is 13.3 Å². The minimum Gasteiger partial charge on any atom is -0.468 e. The lowest BCUT2D eigenvalue weighted by Crippen LogP contribution is -2.47. The van der Waals surface area contributed by atoms with E-state index in [9.17, 15) is 13.2 Å². The molecule has 17 heavy (non-hydrogen) atoms. The number of hydrogen-bond acceptors (Lipinski definition) is 5. The number of nitrogens with zero attached hydrogens (tertiary/aromatic N) is 1. The maximum atomic E-state index is 11.6. The van der Waals surface area contributed by atoms with Crippen molar-refractivity contribution in [2.75, 3.05) is 31.7 Å². The lowest BCUT2D eigenvalue weighted by atomic mass is 10.0. The zero-order valence-electron chi connectivity index (χ0n) is 10.5. The van der Waals surface area contributed by atoms with E-state index in [2.05, 4.69) is 0 Å². The molecule has 0 N–H and O–H groups in total. The Hall–Kier alpha value is -0.620. The minimum absolute atomic E-state index is 0.122. The van der Waals surface area contributed by atoms with Gasteiger partial charge < -0.3 is 4.74 Å². The van der Waals surface area contributed by atoms with Gasteiger partial charge in [0.2, 0.25) is 0 Å². The van der Waals surface area contributed by atoms with Gasteiger partial charge in [-0.2, -0.15) is 0 Å². The average Bonchev–Trinajstić information content (AvgIpc) is 2.36. The molecular formula is C11H21NO4S. The van der Waals surface area contributed by atoms with E-state index >= 15 is 0 Å². The van der Waals surface area contributed by atoms with Crippen molar-refractivity contribution in [3.05, 3.63) is 0 Å². The highest BCUT2D eigenvalue weighted by molar-refractivity contribution is 7.91. The van der Waals surface area contributed by atoms with E-state index in [-0.39, 0.29) is 23.5 Å². The summed E-state index contributed by atoms with van der Waals surface area (Å²) in [5.74, 6) is 0.0272. The summed E-state index contributed by atoms with van der Waals surface area (Å²) in [6, 6.07) is -0.263. The van der Waals surface area contributed by atoms with Crippen LogP contribution in [0.5, 0.6) is 0 Å². The molecule has 1 fully saturated rings. The summed E-state index contributed by atoms with van der Waals surface area (Å²) in [5.41, 5.74) is 0. The number of rotatable bonds is 5. The van der Waals surface area contributed by atoms with Crippen molar-refractivity contribution in [3.8, 4) is 0 Å². The van der Waals surface area contributed by atoms with Gasteiger partial charge in [0.15, 0.2) is 9.84 Å². The molecule has 0 bridgehead atoms. The zero-order chi connectivity index (χ0) is 12.9. The number of ether oxygens (including phenoxy) is 1. The number of piperidine rings is 1. The molecule has 0 saturated carbocycles. The quantitative estimate of drug-likeness (QED) is 0.674. The molecule has 1 rings (SSSR count). The van der Waals surface area contributed by atoms with Crippen molar-refractivity contribution in [1.82, 2.24) is 4.90 Å². The van der Waals surface area contributed by atoms with Crippen LogP contribution in [0, 0.1) is 0 Å². The third-order valence-electron chi connectivity index (χ3n) is 3.22. The van der Waals surface area contributed by atoms with Gasteiger partial charge in [-0.3, -0.25) is 9.69 Å². The smallest absolute Gasteiger partial charge is 0.323 e. The Morgan fingerprint density at radius 2 is 2.12 bits per heavy atom. The second-order valence-corrected chi connectivity index (χ2v) is 6.78. The van der Waals surface area contributed by atoms with Crippen molar-refractivity contribution >= 4 is 15.8 Å². The van der Waals surface area contributed by atoms with Crippen LogP contribution in [-0.4, -0.2) is 57.0 Å². The second kappa shape index (κ2) is 6.35. The zero-order valence-corrected chi connectivity index (χ0v) is 11.3. The molecule has 0 radical (unpaired) electrons. The third-order valence-corrected chi connectivity index (χ3v) is 4.90. The highest BCUT2D eigenvalue weighted by atomic mass is 32.2. The number of likely N-dealkylation sites (tertiary alicyclic amines) is 1. The molecule has 0 aromatic carbocycles. The Balaban J connectivity index is 2.57. The summed E-state index contributed by atoms with van der Waals surface area (Å²) in [6.07, 6.45) is 2.77. The van der Waals surface area contributed by atoms with Gasteiger partial charge in [0, 0.05) is 12.3 Å². The summed E-state index contributed by atoms with van der Waals surface area (Å²) >= 11 is 0. The molecule has 0 unspecified atom stereocenters. The second-order valence-electron chi connectivity index (χ2n) is 4.31. The maximum Gasteiger partial charge on any atom is 0.323 e. The topological polar surface area (TPSA) is 63.7 Å². The van der Waals surface area contributed by atoms with E-state index in [1.54, 1.807) is 6.92 Å². The SMILES string of the molecule is CCS(=O)(=O)CCN1CCCC[C@@H]1C(=O)OC. The molecule has 1 saturated heterocycles. The van der Waals surface area contributed by atoms with Crippen molar-refractivity contribution in [1.29, 1.82) is 0 Å². The van der Waals surface area contributed by atoms with E-state index in [1.165, 1.54) is 7.11 Å². The number of esters is 1. The Morgan fingerprint density at radius 1 is 1.41 bits per heavy atom. The van der Waals surface area contributed by atoms with E-state index in [0.29, 0.717) is 6.54 Å². The molecule has 0 aliphatic carbocycles. The minimum atomic E-state index is -2.97. The molecule has 1 aliphatic rings. The molecule has 1 heterocycles. The number of carbonyl (C=O) groups is 1. The fraction of sp³-hybridized carbons (Fsp3) is 0.909. The van der Waals surface area contributed by atoms with Crippen LogP contribution < -0.4 is 0 Å². The molecule has 0 spiro atoms. The van der Waals surface area contributed by atoms with E-state index < -0.39 is 9.84 Å². The third kappa shape index (κ3) is 4.27. The fourth-order valence-electron chi connectivity index (χ4n) is 2.06. The fourth-order valence-corrected chi connectivity index (χ4v) is 2.86. The van der Waals surface area contributed by atoms with Gasteiger partial charge in [-0.15, -0.1) is 0 Å². The molecule has 0 aromatic rings. The first-order valence-electron chi connectivity index (χ1n) is 6.02. The van der Waals surface area contributed by atoms with Gasteiger partial charge in [0.25, 0.3) is 0 Å². The van der Waals surface area contributed by atoms with Crippen LogP contribution in [0.1, 0.15) is 26.2 Å². The van der Waals surface area contributed by atoms with Crippen LogP contribution in [0.15, 0.2) is 0 Å². The normalized spacial score (nSPS) is 22.4. The molecule has 1 atom stereocenters. The van der Waals surface area contributed by atoms with Crippen LogP contribution in [0.25, 0.3) is 0 Å². The highest BCUT2D eigenvalue weighted by Crippen LogP contribution is 2.17. The summed E-state index contributed by atoms with van der Waals surface area (Å²) < 4.78 is 27.6. The Labute approximate surface area is 103 Å². The molecule has 6 heteroatoms. The Bertz CT molecular complexity index is 352. The first kappa shape index (κ1) is 14.4. The van der Waals surface area contributed by atoms with E-state index in [4.69, 9.17) is 4.74 Å². The standard InChI is InChI=1S/C11H21NO4S/c1-3-17(14,15)9-8-12-7-5-4-6-10(12)11(13)16-2/h10H,3-9H2,1-2H3/t10-/m1/s1. The monoisotopic (exact) mass is 263 g/mol. The van der Waals surface area contributed by atoms with E-state index in [1.807, 2.05) is 4.90 Å². The largest absolute Gasteiger partial charge is 0.468 e. The predicted octanol–water partition coefficient (Wildman–Crippen LogP) is 0.449. The number of sulfone groups is 1.